The Morgan fingerprint density at radius 3 is 2.25 bits per heavy atom. The number of alkyl halides is 2. The van der Waals surface area contributed by atoms with Crippen molar-refractivity contribution >= 4 is 5.91 Å². The second kappa shape index (κ2) is 9.44. The topological polar surface area (TPSA) is 70.0 Å². The van der Waals surface area contributed by atoms with Crippen molar-refractivity contribution in [2.45, 2.75) is 12.8 Å². The van der Waals surface area contributed by atoms with Gasteiger partial charge in [-0.1, -0.05) is 0 Å². The Morgan fingerprint density at radius 1 is 1.25 bits per heavy atom. The number of aliphatic hydroxyl groups excluding tert-OH is 2. The Hall–Kier alpha value is -0.790. The SMILES string of the molecule is O=C(CCOCC(F)F)N(CCO)CCO. The number of carbonyl (C=O) groups is 1. The summed E-state index contributed by atoms with van der Waals surface area (Å²) in [5, 5.41) is 17.3. The first-order valence-corrected chi connectivity index (χ1v) is 4.97. The van der Waals surface area contributed by atoms with Crippen LogP contribution in [0.25, 0.3) is 0 Å². The Morgan fingerprint density at radius 2 is 1.81 bits per heavy atom. The summed E-state index contributed by atoms with van der Waals surface area (Å²) in [5.41, 5.74) is 0. The lowest BCUT2D eigenvalue weighted by molar-refractivity contribution is -0.133. The molecule has 5 nitrogen and oxygen atoms in total. The van der Waals surface area contributed by atoms with E-state index < -0.39 is 13.0 Å². The second-order valence-corrected chi connectivity index (χ2v) is 3.04. The summed E-state index contributed by atoms with van der Waals surface area (Å²) in [6, 6.07) is 0. The van der Waals surface area contributed by atoms with Gasteiger partial charge in [-0.3, -0.25) is 4.79 Å². The molecule has 96 valence electrons. The monoisotopic (exact) mass is 241 g/mol. The molecule has 0 spiro atoms. The van der Waals surface area contributed by atoms with E-state index in [4.69, 9.17) is 10.2 Å². The van der Waals surface area contributed by atoms with Gasteiger partial charge >= 0.3 is 0 Å². The first-order valence-electron chi connectivity index (χ1n) is 4.97. The zero-order chi connectivity index (χ0) is 12.4. The minimum absolute atomic E-state index is 0.0350. The van der Waals surface area contributed by atoms with Crippen LogP contribution in [0.4, 0.5) is 8.78 Å². The summed E-state index contributed by atoms with van der Waals surface area (Å²) in [4.78, 5) is 12.7. The molecule has 7 heteroatoms. The van der Waals surface area contributed by atoms with Gasteiger partial charge < -0.3 is 19.8 Å². The van der Waals surface area contributed by atoms with E-state index in [9.17, 15) is 13.6 Å². The maximum absolute atomic E-state index is 11.7. The third-order valence-electron chi connectivity index (χ3n) is 1.80. The molecular weight excluding hydrogens is 224 g/mol. The maximum atomic E-state index is 11.7. The normalized spacial score (nSPS) is 10.8. The van der Waals surface area contributed by atoms with Crippen LogP contribution in [-0.4, -0.2) is 67.0 Å². The Labute approximate surface area is 92.6 Å². The number of rotatable bonds is 9. The predicted molar refractivity (Wildman–Crippen MR) is 52.2 cm³/mol. The summed E-state index contributed by atoms with van der Waals surface area (Å²) in [5.74, 6) is -0.336. The van der Waals surface area contributed by atoms with Crippen LogP contribution in [0.1, 0.15) is 6.42 Å². The van der Waals surface area contributed by atoms with E-state index in [0.29, 0.717) is 0 Å². The van der Waals surface area contributed by atoms with Crippen LogP contribution in [0.15, 0.2) is 0 Å². The quantitative estimate of drug-likeness (QED) is 0.532. The van der Waals surface area contributed by atoms with Gasteiger partial charge in [0, 0.05) is 13.1 Å². The number of hydrogen-bond donors (Lipinski definition) is 2. The molecule has 2 N–H and O–H groups in total. The molecule has 0 aromatic carbocycles. The molecule has 0 aliphatic carbocycles. The molecule has 1 amide bonds. The number of hydrogen-bond acceptors (Lipinski definition) is 4. The smallest absolute Gasteiger partial charge is 0.261 e. The fraction of sp³-hybridized carbons (Fsp3) is 0.889. The Balaban J connectivity index is 3.73. The molecule has 0 radical (unpaired) electrons. The van der Waals surface area contributed by atoms with Gasteiger partial charge in [0.15, 0.2) is 0 Å². The molecule has 0 unspecified atom stereocenters. The van der Waals surface area contributed by atoms with Gasteiger partial charge in [0.25, 0.3) is 6.43 Å². The van der Waals surface area contributed by atoms with Crippen molar-refractivity contribution in [1.82, 2.24) is 4.90 Å². The van der Waals surface area contributed by atoms with Crippen molar-refractivity contribution < 1.29 is 28.5 Å². The highest BCUT2D eigenvalue weighted by molar-refractivity contribution is 5.76. The standard InChI is InChI=1S/C9H17F2NO4/c10-8(11)7-16-6-1-9(15)12(2-4-13)3-5-14/h8,13-14H,1-7H2. The minimum atomic E-state index is -2.54. The van der Waals surface area contributed by atoms with E-state index >= 15 is 0 Å². The first-order chi connectivity index (χ1) is 7.61. The van der Waals surface area contributed by atoms with Gasteiger partial charge in [-0.15, -0.1) is 0 Å². The Bertz CT molecular complexity index is 186. The molecule has 0 fully saturated rings. The van der Waals surface area contributed by atoms with E-state index in [1.165, 1.54) is 4.90 Å². The van der Waals surface area contributed by atoms with Crippen LogP contribution >= 0.6 is 0 Å². The maximum Gasteiger partial charge on any atom is 0.261 e. The van der Waals surface area contributed by atoms with Crippen LogP contribution in [0.3, 0.4) is 0 Å². The lowest BCUT2D eigenvalue weighted by atomic mass is 10.3. The molecular formula is C9H17F2NO4. The number of halogens is 2. The van der Waals surface area contributed by atoms with Crippen LogP contribution in [0.2, 0.25) is 0 Å². The fourth-order valence-corrected chi connectivity index (χ4v) is 1.09. The third-order valence-corrected chi connectivity index (χ3v) is 1.80. The summed E-state index contributed by atoms with van der Waals surface area (Å²) in [7, 11) is 0. The molecule has 0 bridgehead atoms. The Kier molecular flexibility index (Phi) is 8.97. The van der Waals surface area contributed by atoms with Gasteiger partial charge in [-0.25, -0.2) is 8.78 Å². The average Bonchev–Trinajstić information content (AvgIpc) is 2.23. The van der Waals surface area contributed by atoms with Crippen molar-refractivity contribution in [3.63, 3.8) is 0 Å². The zero-order valence-corrected chi connectivity index (χ0v) is 8.94. The van der Waals surface area contributed by atoms with E-state index in [2.05, 4.69) is 4.74 Å². The number of carbonyl (C=O) groups excluding carboxylic acids is 1. The van der Waals surface area contributed by atoms with Gasteiger partial charge in [-0.05, 0) is 0 Å². The highest BCUT2D eigenvalue weighted by Gasteiger charge is 2.12. The summed E-state index contributed by atoms with van der Waals surface area (Å²) in [6.45, 7) is -0.945. The number of nitrogens with zero attached hydrogens (tertiary/aromatic N) is 1. The number of aliphatic hydroxyl groups is 2. The highest BCUT2D eigenvalue weighted by Crippen LogP contribution is 1.97. The average molecular weight is 241 g/mol. The number of amides is 1. The molecule has 0 saturated carbocycles. The van der Waals surface area contributed by atoms with Gasteiger partial charge in [0.1, 0.15) is 6.61 Å². The first kappa shape index (κ1) is 15.2. The van der Waals surface area contributed by atoms with E-state index in [1.54, 1.807) is 0 Å². The second-order valence-electron chi connectivity index (χ2n) is 3.04. The zero-order valence-electron chi connectivity index (χ0n) is 8.94. The fourth-order valence-electron chi connectivity index (χ4n) is 1.09. The van der Waals surface area contributed by atoms with E-state index in [-0.39, 0.29) is 45.2 Å². The van der Waals surface area contributed by atoms with Crippen molar-refractivity contribution in [3.8, 4) is 0 Å². The van der Waals surface area contributed by atoms with Crippen molar-refractivity contribution in [1.29, 1.82) is 0 Å². The van der Waals surface area contributed by atoms with Crippen molar-refractivity contribution in [2.24, 2.45) is 0 Å². The molecule has 0 aromatic rings. The third kappa shape index (κ3) is 7.49. The van der Waals surface area contributed by atoms with E-state index in [1.807, 2.05) is 0 Å². The molecule has 0 aliphatic heterocycles. The molecule has 0 atom stereocenters. The predicted octanol–water partition coefficient (Wildman–Crippen LogP) is -0.529. The van der Waals surface area contributed by atoms with Crippen LogP contribution in [0.5, 0.6) is 0 Å². The molecule has 0 aliphatic rings. The molecule has 16 heavy (non-hydrogen) atoms. The lowest BCUT2D eigenvalue weighted by Crippen LogP contribution is -2.36. The molecule has 0 aromatic heterocycles. The highest BCUT2D eigenvalue weighted by atomic mass is 19.3. The summed E-state index contributed by atoms with van der Waals surface area (Å²) >= 11 is 0. The summed E-state index contributed by atoms with van der Waals surface area (Å²) < 4.78 is 27.9. The van der Waals surface area contributed by atoms with Crippen LogP contribution < -0.4 is 0 Å². The van der Waals surface area contributed by atoms with Gasteiger partial charge in [-0.2, -0.15) is 0 Å². The van der Waals surface area contributed by atoms with Gasteiger partial charge in [0.2, 0.25) is 5.91 Å². The van der Waals surface area contributed by atoms with Crippen molar-refractivity contribution in [3.05, 3.63) is 0 Å². The molecule has 0 rings (SSSR count). The molecule has 0 heterocycles. The minimum Gasteiger partial charge on any atom is -0.395 e. The lowest BCUT2D eigenvalue weighted by Gasteiger charge is -2.20. The number of ether oxygens (including phenoxy) is 1. The van der Waals surface area contributed by atoms with Gasteiger partial charge in [0.05, 0.1) is 26.2 Å². The van der Waals surface area contributed by atoms with Crippen LogP contribution in [0, 0.1) is 0 Å². The molecule has 0 saturated heterocycles. The van der Waals surface area contributed by atoms with Crippen molar-refractivity contribution in [2.75, 3.05) is 39.5 Å². The van der Waals surface area contributed by atoms with E-state index in [0.717, 1.165) is 0 Å². The van der Waals surface area contributed by atoms with Crippen LogP contribution in [-0.2, 0) is 9.53 Å². The summed E-state index contributed by atoms with van der Waals surface area (Å²) in [6.07, 6.45) is -2.58. The largest absolute Gasteiger partial charge is 0.395 e.